The molecule has 8 heteroatoms. The summed E-state index contributed by atoms with van der Waals surface area (Å²) in [6.07, 6.45) is -1.89. The van der Waals surface area contributed by atoms with Crippen LogP contribution in [0, 0.1) is 6.92 Å². The molecule has 30 heavy (non-hydrogen) atoms. The zero-order chi connectivity index (χ0) is 22.1. The van der Waals surface area contributed by atoms with Crippen molar-refractivity contribution < 1.29 is 24.2 Å². The van der Waals surface area contributed by atoms with E-state index in [0.29, 0.717) is 0 Å². The van der Waals surface area contributed by atoms with Gasteiger partial charge in [-0.15, -0.1) is 0 Å². The molecule has 2 aromatic rings. The van der Waals surface area contributed by atoms with E-state index in [9.17, 15) is 19.5 Å². The summed E-state index contributed by atoms with van der Waals surface area (Å²) < 4.78 is 5.09. The van der Waals surface area contributed by atoms with Gasteiger partial charge in [0, 0.05) is 6.42 Å². The normalized spacial score (nSPS) is 13.6. The summed E-state index contributed by atoms with van der Waals surface area (Å²) in [7, 11) is 0. The van der Waals surface area contributed by atoms with Crippen LogP contribution in [0.2, 0.25) is 0 Å². The van der Waals surface area contributed by atoms with Crippen LogP contribution in [0.3, 0.4) is 0 Å². The van der Waals surface area contributed by atoms with Crippen molar-refractivity contribution in [3.05, 3.63) is 71.3 Å². The lowest BCUT2D eigenvalue weighted by atomic mass is 10.00. The first kappa shape index (κ1) is 22.9. The average molecular weight is 413 g/mol. The number of alkyl carbamates (subject to hydrolysis) is 1. The predicted molar refractivity (Wildman–Crippen MR) is 111 cm³/mol. The van der Waals surface area contributed by atoms with E-state index in [0.717, 1.165) is 16.7 Å². The maximum Gasteiger partial charge on any atom is 0.408 e. The lowest BCUT2D eigenvalue weighted by molar-refractivity contribution is -0.130. The van der Waals surface area contributed by atoms with E-state index in [2.05, 4.69) is 10.6 Å². The SMILES string of the molecule is Cc1ccccc1C[C@@H](NC(=O)[C@@H](NC(=O)OCc1ccccc1)[C@@H](C)O)C(N)=O. The average Bonchev–Trinajstić information content (AvgIpc) is 2.71. The number of benzene rings is 2. The summed E-state index contributed by atoms with van der Waals surface area (Å²) in [5.41, 5.74) is 8.02. The van der Waals surface area contributed by atoms with E-state index in [1.54, 1.807) is 24.3 Å². The van der Waals surface area contributed by atoms with Crippen LogP contribution >= 0.6 is 0 Å². The summed E-state index contributed by atoms with van der Waals surface area (Å²) >= 11 is 0. The fourth-order valence-electron chi connectivity index (χ4n) is 2.84. The fraction of sp³-hybridized carbons (Fsp3) is 0.318. The number of ether oxygens (including phenoxy) is 1. The van der Waals surface area contributed by atoms with Gasteiger partial charge in [0.05, 0.1) is 6.10 Å². The van der Waals surface area contributed by atoms with Gasteiger partial charge in [0.1, 0.15) is 18.7 Å². The molecule has 8 nitrogen and oxygen atoms in total. The third-order valence-electron chi connectivity index (χ3n) is 4.60. The molecule has 0 bridgehead atoms. The first-order valence-corrected chi connectivity index (χ1v) is 9.57. The highest BCUT2D eigenvalue weighted by molar-refractivity contribution is 5.91. The number of nitrogens with one attached hydrogen (secondary N) is 2. The number of amides is 3. The van der Waals surface area contributed by atoms with Crippen LogP contribution in [-0.4, -0.2) is 41.2 Å². The number of carbonyl (C=O) groups is 3. The van der Waals surface area contributed by atoms with E-state index >= 15 is 0 Å². The smallest absolute Gasteiger partial charge is 0.408 e. The number of aliphatic hydroxyl groups excluding tert-OH is 1. The summed E-state index contributed by atoms with van der Waals surface area (Å²) in [6.45, 7) is 3.25. The predicted octanol–water partition coefficient (Wildman–Crippen LogP) is 1.18. The van der Waals surface area contributed by atoms with E-state index in [-0.39, 0.29) is 13.0 Å². The van der Waals surface area contributed by atoms with Crippen molar-refractivity contribution in [2.75, 3.05) is 0 Å². The van der Waals surface area contributed by atoms with Gasteiger partial charge >= 0.3 is 6.09 Å². The Morgan fingerprint density at radius 3 is 2.27 bits per heavy atom. The molecule has 2 rings (SSSR count). The number of carbonyl (C=O) groups excluding carboxylic acids is 3. The van der Waals surface area contributed by atoms with Crippen LogP contribution in [-0.2, 0) is 27.4 Å². The molecular weight excluding hydrogens is 386 g/mol. The zero-order valence-corrected chi connectivity index (χ0v) is 17.0. The Labute approximate surface area is 175 Å². The van der Waals surface area contributed by atoms with Crippen molar-refractivity contribution in [3.63, 3.8) is 0 Å². The standard InChI is InChI=1S/C22H27N3O5/c1-14-8-6-7-11-17(14)12-18(20(23)27)24-21(28)19(15(2)26)25-22(29)30-13-16-9-4-3-5-10-16/h3-11,15,18-19,26H,12-13H2,1-2H3,(H2,23,27)(H,24,28)(H,25,29)/t15-,18-,19+/m1/s1. The number of rotatable bonds is 9. The third-order valence-corrected chi connectivity index (χ3v) is 4.60. The Hall–Kier alpha value is -3.39. The molecule has 0 aliphatic carbocycles. The van der Waals surface area contributed by atoms with Crippen LogP contribution in [0.1, 0.15) is 23.6 Å². The molecule has 0 aliphatic heterocycles. The lowest BCUT2D eigenvalue weighted by Gasteiger charge is -2.24. The van der Waals surface area contributed by atoms with Crippen molar-refractivity contribution in [1.29, 1.82) is 0 Å². The molecule has 0 heterocycles. The van der Waals surface area contributed by atoms with Crippen molar-refractivity contribution in [3.8, 4) is 0 Å². The van der Waals surface area contributed by atoms with Gasteiger partial charge in [0.15, 0.2) is 0 Å². The summed E-state index contributed by atoms with van der Waals surface area (Å²) in [6, 6.07) is 14.1. The Morgan fingerprint density at radius 1 is 1.03 bits per heavy atom. The summed E-state index contributed by atoms with van der Waals surface area (Å²) in [5.74, 6) is -1.46. The molecule has 5 N–H and O–H groups in total. The van der Waals surface area contributed by atoms with Gasteiger partial charge in [-0.1, -0.05) is 54.6 Å². The van der Waals surface area contributed by atoms with Crippen LogP contribution < -0.4 is 16.4 Å². The number of primary amides is 1. The van der Waals surface area contributed by atoms with Crippen molar-refractivity contribution in [2.45, 2.75) is 45.1 Å². The second-order valence-corrected chi connectivity index (χ2v) is 7.02. The van der Waals surface area contributed by atoms with Gasteiger partial charge < -0.3 is 26.2 Å². The quantitative estimate of drug-likeness (QED) is 0.490. The van der Waals surface area contributed by atoms with Gasteiger partial charge in [-0.25, -0.2) is 4.79 Å². The second-order valence-electron chi connectivity index (χ2n) is 7.02. The molecule has 0 saturated carbocycles. The summed E-state index contributed by atoms with van der Waals surface area (Å²) in [4.78, 5) is 36.6. The highest BCUT2D eigenvalue weighted by atomic mass is 16.5. The maximum atomic E-state index is 12.6. The van der Waals surface area contributed by atoms with Crippen molar-refractivity contribution >= 4 is 17.9 Å². The van der Waals surface area contributed by atoms with E-state index in [1.165, 1.54) is 6.92 Å². The summed E-state index contributed by atoms with van der Waals surface area (Å²) in [5, 5.41) is 14.8. The molecule has 3 amide bonds. The van der Waals surface area contributed by atoms with Gasteiger partial charge in [-0.3, -0.25) is 9.59 Å². The Bertz CT molecular complexity index is 870. The Morgan fingerprint density at radius 2 is 1.67 bits per heavy atom. The molecule has 2 aromatic carbocycles. The molecule has 0 radical (unpaired) electrons. The van der Waals surface area contributed by atoms with E-state index < -0.39 is 36.1 Å². The Balaban J connectivity index is 1.99. The molecule has 0 saturated heterocycles. The minimum absolute atomic E-state index is 0.0119. The molecule has 0 aromatic heterocycles. The highest BCUT2D eigenvalue weighted by Gasteiger charge is 2.29. The molecule has 0 aliphatic rings. The van der Waals surface area contributed by atoms with Crippen molar-refractivity contribution in [2.24, 2.45) is 5.73 Å². The van der Waals surface area contributed by atoms with Gasteiger partial charge in [0.25, 0.3) is 0 Å². The molecule has 160 valence electrons. The van der Waals surface area contributed by atoms with Crippen molar-refractivity contribution in [1.82, 2.24) is 10.6 Å². The number of aryl methyl sites for hydroxylation is 1. The van der Waals surface area contributed by atoms with Gasteiger partial charge in [0.2, 0.25) is 11.8 Å². The third kappa shape index (κ3) is 6.89. The molecule has 0 spiro atoms. The first-order chi connectivity index (χ1) is 14.3. The zero-order valence-electron chi connectivity index (χ0n) is 17.0. The van der Waals surface area contributed by atoms with Crippen LogP contribution in [0.4, 0.5) is 4.79 Å². The Kier molecular flexibility index (Phi) is 8.37. The minimum atomic E-state index is -1.31. The number of nitrogens with two attached hydrogens (primary N) is 1. The van der Waals surface area contributed by atoms with E-state index in [4.69, 9.17) is 10.5 Å². The molecule has 0 unspecified atom stereocenters. The van der Waals surface area contributed by atoms with E-state index in [1.807, 2.05) is 37.3 Å². The monoisotopic (exact) mass is 413 g/mol. The molecule has 0 fully saturated rings. The highest BCUT2D eigenvalue weighted by Crippen LogP contribution is 2.10. The second kappa shape index (κ2) is 11.0. The van der Waals surface area contributed by atoms with Gasteiger partial charge in [-0.05, 0) is 30.5 Å². The molecule has 3 atom stereocenters. The largest absolute Gasteiger partial charge is 0.445 e. The molecular formula is C22H27N3O5. The topological polar surface area (TPSA) is 131 Å². The number of hydrogen-bond acceptors (Lipinski definition) is 5. The fourth-order valence-corrected chi connectivity index (χ4v) is 2.84. The number of hydrogen-bond donors (Lipinski definition) is 4. The van der Waals surface area contributed by atoms with Gasteiger partial charge in [-0.2, -0.15) is 0 Å². The van der Waals surface area contributed by atoms with Crippen LogP contribution in [0.25, 0.3) is 0 Å². The number of aliphatic hydroxyl groups is 1. The van der Waals surface area contributed by atoms with Crippen LogP contribution in [0.5, 0.6) is 0 Å². The lowest BCUT2D eigenvalue weighted by Crippen LogP contribution is -2.57. The maximum absolute atomic E-state index is 12.6. The first-order valence-electron chi connectivity index (χ1n) is 9.57. The van der Waals surface area contributed by atoms with Crippen LogP contribution in [0.15, 0.2) is 54.6 Å². The minimum Gasteiger partial charge on any atom is -0.445 e.